The molecule has 0 saturated heterocycles. The number of esters is 2. The number of hydrogen-bond donors (Lipinski definition) is 2. The Balaban J connectivity index is 2.83. The molecule has 0 aliphatic carbocycles. The molecule has 0 atom stereocenters. The molecule has 1 rings (SSSR count). The lowest BCUT2D eigenvalue weighted by Gasteiger charge is -2.19. The second-order valence-electron chi connectivity index (χ2n) is 5.83. The van der Waals surface area contributed by atoms with Crippen molar-refractivity contribution in [2.45, 2.75) is 32.9 Å². The molecule has 1 aromatic rings. The molecule has 0 aliphatic heterocycles. The Kier molecular flexibility index (Phi) is 6.27. The number of carboxylic acid groups (broad SMARTS) is 1. The summed E-state index contributed by atoms with van der Waals surface area (Å²) < 4.78 is 9.72. The SMILES string of the molecule is COC(=O)c1cccc(CNCC(=O)OC(C)(C)C)c1C(=O)O. The van der Waals surface area contributed by atoms with Crippen LogP contribution in [-0.4, -0.2) is 42.3 Å². The first-order valence-corrected chi connectivity index (χ1v) is 7.01. The number of carbonyl (C=O) groups is 3. The van der Waals surface area contributed by atoms with Crippen LogP contribution >= 0.6 is 0 Å². The summed E-state index contributed by atoms with van der Waals surface area (Å²) in [5.41, 5.74) is -0.382. The van der Waals surface area contributed by atoms with Crippen LogP contribution < -0.4 is 5.32 Å². The van der Waals surface area contributed by atoms with E-state index in [0.29, 0.717) is 5.56 Å². The van der Waals surface area contributed by atoms with E-state index >= 15 is 0 Å². The Morgan fingerprint density at radius 1 is 1.22 bits per heavy atom. The highest BCUT2D eigenvalue weighted by Gasteiger charge is 2.21. The molecule has 2 N–H and O–H groups in total. The van der Waals surface area contributed by atoms with E-state index in [1.54, 1.807) is 32.9 Å². The van der Waals surface area contributed by atoms with Crippen molar-refractivity contribution in [1.29, 1.82) is 0 Å². The van der Waals surface area contributed by atoms with E-state index in [1.165, 1.54) is 13.2 Å². The number of nitrogens with one attached hydrogen (secondary N) is 1. The molecule has 1 aromatic carbocycles. The maximum atomic E-state index is 11.6. The lowest BCUT2D eigenvalue weighted by atomic mass is 10.0. The average molecular weight is 323 g/mol. The number of carboxylic acids is 1. The van der Waals surface area contributed by atoms with E-state index in [4.69, 9.17) is 4.74 Å². The molecule has 23 heavy (non-hydrogen) atoms. The summed E-state index contributed by atoms with van der Waals surface area (Å²) in [5.74, 6) is -2.41. The quantitative estimate of drug-likeness (QED) is 0.767. The third-order valence-corrected chi connectivity index (χ3v) is 2.77. The highest BCUT2D eigenvalue weighted by molar-refractivity contribution is 6.03. The number of ether oxygens (including phenoxy) is 2. The maximum Gasteiger partial charge on any atom is 0.338 e. The molecule has 0 radical (unpaired) electrons. The fourth-order valence-electron chi connectivity index (χ4n) is 1.96. The van der Waals surface area contributed by atoms with Gasteiger partial charge in [0.25, 0.3) is 0 Å². The monoisotopic (exact) mass is 323 g/mol. The van der Waals surface area contributed by atoms with Gasteiger partial charge in [-0.1, -0.05) is 12.1 Å². The molecule has 0 aliphatic rings. The molecule has 0 aromatic heterocycles. The Morgan fingerprint density at radius 3 is 2.39 bits per heavy atom. The summed E-state index contributed by atoms with van der Waals surface area (Å²) in [4.78, 5) is 34.7. The van der Waals surface area contributed by atoms with E-state index < -0.39 is 23.5 Å². The second kappa shape index (κ2) is 7.73. The molecule has 0 amide bonds. The lowest BCUT2D eigenvalue weighted by Crippen LogP contribution is -2.31. The van der Waals surface area contributed by atoms with Gasteiger partial charge in [0.1, 0.15) is 5.60 Å². The van der Waals surface area contributed by atoms with Gasteiger partial charge in [-0.15, -0.1) is 0 Å². The van der Waals surface area contributed by atoms with Gasteiger partial charge in [-0.05, 0) is 32.4 Å². The van der Waals surface area contributed by atoms with Crippen molar-refractivity contribution in [3.63, 3.8) is 0 Å². The van der Waals surface area contributed by atoms with E-state index in [-0.39, 0.29) is 24.2 Å². The van der Waals surface area contributed by atoms with Crippen molar-refractivity contribution in [2.75, 3.05) is 13.7 Å². The van der Waals surface area contributed by atoms with Gasteiger partial charge in [0.15, 0.2) is 0 Å². The zero-order valence-electron chi connectivity index (χ0n) is 13.6. The molecular weight excluding hydrogens is 302 g/mol. The summed E-state index contributed by atoms with van der Waals surface area (Å²) in [6, 6.07) is 4.51. The van der Waals surface area contributed by atoms with Crippen LogP contribution in [0, 0.1) is 0 Å². The predicted molar refractivity (Wildman–Crippen MR) is 82.3 cm³/mol. The van der Waals surface area contributed by atoms with Crippen LogP contribution in [0.5, 0.6) is 0 Å². The van der Waals surface area contributed by atoms with Crippen LogP contribution in [-0.2, 0) is 20.8 Å². The Hall–Kier alpha value is -2.41. The fraction of sp³-hybridized carbons (Fsp3) is 0.438. The predicted octanol–water partition coefficient (Wildman–Crippen LogP) is 1.60. The third-order valence-electron chi connectivity index (χ3n) is 2.77. The summed E-state index contributed by atoms with van der Waals surface area (Å²) in [6.07, 6.45) is 0. The molecular formula is C16H21NO6. The second-order valence-corrected chi connectivity index (χ2v) is 5.83. The molecule has 7 nitrogen and oxygen atoms in total. The van der Waals surface area contributed by atoms with Gasteiger partial charge >= 0.3 is 17.9 Å². The zero-order chi connectivity index (χ0) is 17.6. The van der Waals surface area contributed by atoms with Gasteiger partial charge < -0.3 is 19.9 Å². The van der Waals surface area contributed by atoms with Gasteiger partial charge in [0, 0.05) is 6.54 Å². The molecule has 126 valence electrons. The Bertz CT molecular complexity index is 603. The first-order valence-electron chi connectivity index (χ1n) is 7.01. The van der Waals surface area contributed by atoms with Crippen LogP contribution in [0.2, 0.25) is 0 Å². The Morgan fingerprint density at radius 2 is 1.87 bits per heavy atom. The normalized spacial score (nSPS) is 11.0. The summed E-state index contributed by atoms with van der Waals surface area (Å²) >= 11 is 0. The van der Waals surface area contributed by atoms with Crippen molar-refractivity contribution in [1.82, 2.24) is 5.32 Å². The highest BCUT2D eigenvalue weighted by atomic mass is 16.6. The molecule has 0 spiro atoms. The fourth-order valence-corrected chi connectivity index (χ4v) is 1.96. The zero-order valence-corrected chi connectivity index (χ0v) is 13.6. The molecule has 0 heterocycles. The van der Waals surface area contributed by atoms with Crippen LogP contribution in [0.1, 0.15) is 47.1 Å². The van der Waals surface area contributed by atoms with Crippen molar-refractivity contribution in [3.8, 4) is 0 Å². The maximum absolute atomic E-state index is 11.6. The van der Waals surface area contributed by atoms with Crippen molar-refractivity contribution < 1.29 is 29.0 Å². The standard InChI is InChI=1S/C16H21NO6/c1-16(2,3)23-12(18)9-17-8-10-6-5-7-11(15(21)22-4)13(10)14(19)20/h5-7,17H,8-9H2,1-4H3,(H,19,20). The number of aromatic carboxylic acids is 1. The van der Waals surface area contributed by atoms with Crippen molar-refractivity contribution in [2.24, 2.45) is 0 Å². The first-order chi connectivity index (χ1) is 10.7. The average Bonchev–Trinajstić information content (AvgIpc) is 2.43. The minimum Gasteiger partial charge on any atom is -0.478 e. The van der Waals surface area contributed by atoms with Gasteiger partial charge in [0.2, 0.25) is 0 Å². The van der Waals surface area contributed by atoms with Gasteiger partial charge in [-0.2, -0.15) is 0 Å². The summed E-state index contributed by atoms with van der Waals surface area (Å²) in [5, 5.41) is 12.1. The molecule has 0 unspecified atom stereocenters. The molecule has 7 heteroatoms. The van der Waals surface area contributed by atoms with E-state index in [0.717, 1.165) is 0 Å². The van der Waals surface area contributed by atoms with Crippen LogP contribution in [0.3, 0.4) is 0 Å². The number of rotatable bonds is 6. The minimum atomic E-state index is -1.24. The van der Waals surface area contributed by atoms with Gasteiger partial charge in [-0.3, -0.25) is 4.79 Å². The van der Waals surface area contributed by atoms with Crippen molar-refractivity contribution >= 4 is 17.9 Å². The smallest absolute Gasteiger partial charge is 0.338 e. The van der Waals surface area contributed by atoms with Crippen LogP contribution in [0.15, 0.2) is 18.2 Å². The lowest BCUT2D eigenvalue weighted by molar-refractivity contribution is -0.153. The van der Waals surface area contributed by atoms with E-state index in [9.17, 15) is 19.5 Å². The van der Waals surface area contributed by atoms with Crippen LogP contribution in [0.25, 0.3) is 0 Å². The molecule has 0 fully saturated rings. The van der Waals surface area contributed by atoms with Gasteiger partial charge in [0.05, 0.1) is 24.8 Å². The first kappa shape index (κ1) is 18.6. The third kappa shape index (κ3) is 5.71. The molecule has 0 saturated carbocycles. The van der Waals surface area contributed by atoms with E-state index in [1.807, 2.05) is 0 Å². The number of carbonyl (C=O) groups excluding carboxylic acids is 2. The largest absolute Gasteiger partial charge is 0.478 e. The summed E-state index contributed by atoms with van der Waals surface area (Å²) in [6.45, 7) is 5.30. The minimum absolute atomic E-state index is 0.0310. The Labute approximate surface area is 134 Å². The van der Waals surface area contributed by atoms with E-state index in [2.05, 4.69) is 10.1 Å². The number of benzene rings is 1. The number of hydrogen-bond acceptors (Lipinski definition) is 6. The topological polar surface area (TPSA) is 102 Å². The number of methoxy groups -OCH3 is 1. The van der Waals surface area contributed by atoms with Gasteiger partial charge in [-0.25, -0.2) is 9.59 Å². The summed E-state index contributed by atoms with van der Waals surface area (Å²) in [7, 11) is 1.18. The van der Waals surface area contributed by atoms with Crippen LogP contribution in [0.4, 0.5) is 0 Å². The highest BCUT2D eigenvalue weighted by Crippen LogP contribution is 2.16. The molecule has 0 bridgehead atoms. The van der Waals surface area contributed by atoms with Crippen molar-refractivity contribution in [3.05, 3.63) is 34.9 Å².